The number of nitrogens with zero attached hydrogens (tertiary/aromatic N) is 1. The predicted octanol–water partition coefficient (Wildman–Crippen LogP) is 2.28. The molecule has 0 atom stereocenters. The summed E-state index contributed by atoms with van der Waals surface area (Å²) in [6, 6.07) is 13.6. The molecule has 0 saturated carbocycles. The second-order valence-electron chi connectivity index (χ2n) is 3.55. The number of nitrogens with one attached hydrogen (secondary N) is 2. The van der Waals surface area contributed by atoms with Gasteiger partial charge >= 0.3 is 0 Å². The van der Waals surface area contributed by atoms with Crippen LogP contribution in [0.4, 0.5) is 0 Å². The number of benzene rings is 1. The topological polar surface area (TPSA) is 49.6 Å². The molecule has 0 unspecified atom stereocenters. The fourth-order valence-electron chi connectivity index (χ4n) is 1.34. The van der Waals surface area contributed by atoms with Gasteiger partial charge < -0.3 is 9.73 Å². The summed E-state index contributed by atoms with van der Waals surface area (Å²) in [4.78, 5) is 0. The Balaban J connectivity index is 1.73. The second kappa shape index (κ2) is 6.56. The van der Waals surface area contributed by atoms with E-state index >= 15 is 0 Å². The Labute approximate surface area is 111 Å². The van der Waals surface area contributed by atoms with Crippen LogP contribution >= 0.6 is 12.2 Å². The van der Waals surface area contributed by atoms with Crippen molar-refractivity contribution in [3.05, 3.63) is 60.1 Å². The molecule has 1 aromatic carbocycles. The summed E-state index contributed by atoms with van der Waals surface area (Å²) in [6.07, 6.45) is 3.16. The molecule has 0 aliphatic heterocycles. The van der Waals surface area contributed by atoms with Gasteiger partial charge in [0, 0.05) is 6.54 Å². The van der Waals surface area contributed by atoms with E-state index in [0.717, 1.165) is 5.56 Å². The number of hydrogen-bond acceptors (Lipinski definition) is 3. The predicted molar refractivity (Wildman–Crippen MR) is 75.3 cm³/mol. The van der Waals surface area contributed by atoms with Crippen molar-refractivity contribution < 1.29 is 4.42 Å². The Morgan fingerprint density at radius 2 is 2.06 bits per heavy atom. The van der Waals surface area contributed by atoms with Gasteiger partial charge in [-0.1, -0.05) is 30.3 Å². The van der Waals surface area contributed by atoms with Gasteiger partial charge in [0.2, 0.25) is 0 Å². The Kier molecular flexibility index (Phi) is 4.49. The number of hydrogen-bond donors (Lipinski definition) is 2. The van der Waals surface area contributed by atoms with E-state index in [0.29, 0.717) is 17.4 Å². The van der Waals surface area contributed by atoms with Gasteiger partial charge in [0.15, 0.2) is 5.11 Å². The van der Waals surface area contributed by atoms with Gasteiger partial charge in [0.05, 0.1) is 12.5 Å². The lowest BCUT2D eigenvalue weighted by Crippen LogP contribution is -2.31. The average molecular weight is 259 g/mol. The molecule has 0 fully saturated rings. The average Bonchev–Trinajstić information content (AvgIpc) is 2.91. The van der Waals surface area contributed by atoms with E-state index in [9.17, 15) is 0 Å². The maximum Gasteiger partial charge on any atom is 0.187 e. The molecule has 0 radical (unpaired) electrons. The van der Waals surface area contributed by atoms with E-state index in [-0.39, 0.29) is 0 Å². The molecule has 1 heterocycles. The van der Waals surface area contributed by atoms with Crippen LogP contribution in [-0.2, 0) is 6.54 Å². The van der Waals surface area contributed by atoms with Crippen LogP contribution in [-0.4, -0.2) is 11.3 Å². The third-order valence-corrected chi connectivity index (χ3v) is 2.43. The Hall–Kier alpha value is -2.14. The molecule has 4 nitrogen and oxygen atoms in total. The van der Waals surface area contributed by atoms with Crippen LogP contribution in [0.5, 0.6) is 0 Å². The van der Waals surface area contributed by atoms with Gasteiger partial charge in [-0.3, -0.25) is 5.43 Å². The highest BCUT2D eigenvalue weighted by molar-refractivity contribution is 7.80. The maximum absolute atomic E-state index is 5.09. The zero-order chi connectivity index (χ0) is 12.6. The molecular weight excluding hydrogens is 246 g/mol. The van der Waals surface area contributed by atoms with Crippen LogP contribution in [0.2, 0.25) is 0 Å². The summed E-state index contributed by atoms with van der Waals surface area (Å²) in [5.41, 5.74) is 3.88. The summed E-state index contributed by atoms with van der Waals surface area (Å²) in [6.45, 7) is 0.670. The summed E-state index contributed by atoms with van der Waals surface area (Å²) in [5, 5.41) is 7.48. The van der Waals surface area contributed by atoms with Crippen molar-refractivity contribution in [2.45, 2.75) is 6.54 Å². The van der Waals surface area contributed by atoms with Crippen molar-refractivity contribution in [2.75, 3.05) is 0 Å². The van der Waals surface area contributed by atoms with Gasteiger partial charge in [0.25, 0.3) is 0 Å². The minimum absolute atomic E-state index is 0.474. The summed E-state index contributed by atoms with van der Waals surface area (Å²) < 4.78 is 5.09. The first-order valence-electron chi connectivity index (χ1n) is 5.49. The van der Waals surface area contributed by atoms with Crippen molar-refractivity contribution in [1.82, 2.24) is 10.7 Å². The summed E-state index contributed by atoms with van der Waals surface area (Å²) in [5.74, 6) is 0.674. The Bertz CT molecular complexity index is 508. The molecular formula is C13H13N3OS. The Morgan fingerprint density at radius 3 is 2.78 bits per heavy atom. The number of rotatable bonds is 4. The lowest BCUT2D eigenvalue weighted by Gasteiger charge is -2.06. The lowest BCUT2D eigenvalue weighted by atomic mass is 10.2. The number of thiocarbonyl (C=S) groups is 1. The minimum Gasteiger partial charge on any atom is -0.463 e. The molecule has 18 heavy (non-hydrogen) atoms. The van der Waals surface area contributed by atoms with Crippen molar-refractivity contribution in [3.63, 3.8) is 0 Å². The van der Waals surface area contributed by atoms with Crippen LogP contribution in [0.15, 0.2) is 58.2 Å². The highest BCUT2D eigenvalue weighted by Crippen LogP contribution is 1.97. The van der Waals surface area contributed by atoms with Crippen LogP contribution in [0.25, 0.3) is 0 Å². The smallest absolute Gasteiger partial charge is 0.187 e. The minimum atomic E-state index is 0.474. The molecule has 0 aliphatic rings. The largest absolute Gasteiger partial charge is 0.463 e. The van der Waals surface area contributed by atoms with Crippen molar-refractivity contribution in [2.24, 2.45) is 5.10 Å². The standard InChI is InChI=1S/C13H13N3OS/c18-13(14-9-11-5-2-1-3-6-11)16-15-10-12-7-4-8-17-12/h1-8,10H,9H2,(H2,14,16,18)/b15-10+. The first-order valence-corrected chi connectivity index (χ1v) is 5.90. The zero-order valence-electron chi connectivity index (χ0n) is 9.67. The van der Waals surface area contributed by atoms with Crippen molar-refractivity contribution >= 4 is 23.5 Å². The Morgan fingerprint density at radius 1 is 1.22 bits per heavy atom. The highest BCUT2D eigenvalue weighted by atomic mass is 32.1. The fourth-order valence-corrected chi connectivity index (χ4v) is 1.46. The molecule has 2 aromatic rings. The second-order valence-corrected chi connectivity index (χ2v) is 3.96. The first kappa shape index (κ1) is 12.3. The molecule has 92 valence electrons. The van der Waals surface area contributed by atoms with Gasteiger partial charge in [-0.15, -0.1) is 0 Å². The molecule has 5 heteroatoms. The molecule has 2 N–H and O–H groups in total. The molecule has 0 bridgehead atoms. The summed E-state index contributed by atoms with van der Waals surface area (Å²) in [7, 11) is 0. The monoisotopic (exact) mass is 259 g/mol. The molecule has 0 saturated heterocycles. The summed E-state index contributed by atoms with van der Waals surface area (Å²) >= 11 is 5.08. The maximum atomic E-state index is 5.09. The van der Waals surface area contributed by atoms with Gasteiger partial charge in [-0.25, -0.2) is 0 Å². The molecule has 0 aliphatic carbocycles. The highest BCUT2D eigenvalue weighted by Gasteiger charge is 1.94. The van der Waals surface area contributed by atoms with E-state index in [4.69, 9.17) is 16.6 Å². The number of furan rings is 1. The van der Waals surface area contributed by atoms with E-state index in [2.05, 4.69) is 15.8 Å². The van der Waals surface area contributed by atoms with E-state index < -0.39 is 0 Å². The number of hydrazone groups is 1. The van der Waals surface area contributed by atoms with Gasteiger partial charge in [-0.2, -0.15) is 5.10 Å². The van der Waals surface area contributed by atoms with Crippen molar-refractivity contribution in [1.29, 1.82) is 0 Å². The van der Waals surface area contributed by atoms with E-state index in [1.165, 1.54) is 0 Å². The fraction of sp³-hybridized carbons (Fsp3) is 0.0769. The SMILES string of the molecule is S=C(NCc1ccccc1)N/N=C/c1ccco1. The normalized spacial score (nSPS) is 10.4. The molecule has 0 amide bonds. The third-order valence-electron chi connectivity index (χ3n) is 2.20. The van der Waals surface area contributed by atoms with Crippen LogP contribution in [0.3, 0.4) is 0 Å². The lowest BCUT2D eigenvalue weighted by molar-refractivity contribution is 0.560. The molecule has 1 aromatic heterocycles. The van der Waals surface area contributed by atoms with Crippen LogP contribution < -0.4 is 10.7 Å². The molecule has 2 rings (SSSR count). The van der Waals surface area contributed by atoms with Gasteiger partial charge in [0.1, 0.15) is 5.76 Å². The van der Waals surface area contributed by atoms with Gasteiger partial charge in [-0.05, 0) is 29.9 Å². The zero-order valence-corrected chi connectivity index (χ0v) is 10.5. The molecule has 0 spiro atoms. The quantitative estimate of drug-likeness (QED) is 0.502. The first-order chi connectivity index (χ1) is 8.84. The van der Waals surface area contributed by atoms with Crippen LogP contribution in [0.1, 0.15) is 11.3 Å². The van der Waals surface area contributed by atoms with E-state index in [1.54, 1.807) is 18.5 Å². The van der Waals surface area contributed by atoms with Crippen LogP contribution in [0, 0.1) is 0 Å². The van der Waals surface area contributed by atoms with Crippen molar-refractivity contribution in [3.8, 4) is 0 Å². The third kappa shape index (κ3) is 4.03. The van der Waals surface area contributed by atoms with E-state index in [1.807, 2.05) is 36.4 Å².